The smallest absolute Gasteiger partial charge is 0.268 e. The van der Waals surface area contributed by atoms with Crippen LogP contribution in [0.25, 0.3) is 11.3 Å². The summed E-state index contributed by atoms with van der Waals surface area (Å²) >= 11 is 1.44. The van der Waals surface area contributed by atoms with Gasteiger partial charge in [0.25, 0.3) is 5.91 Å². The first kappa shape index (κ1) is 21.7. The van der Waals surface area contributed by atoms with E-state index in [4.69, 9.17) is 0 Å². The molecule has 1 saturated heterocycles. The van der Waals surface area contributed by atoms with Gasteiger partial charge in [0.05, 0.1) is 23.2 Å². The molecule has 1 aliphatic rings. The molecule has 0 saturated carbocycles. The zero-order valence-electron chi connectivity index (χ0n) is 17.7. The van der Waals surface area contributed by atoms with E-state index in [1.165, 1.54) is 17.4 Å². The number of H-pyrrole nitrogens is 1. The quantitative estimate of drug-likeness (QED) is 0.465. The number of halogens is 1. The van der Waals surface area contributed by atoms with Crippen LogP contribution < -0.4 is 10.6 Å². The predicted octanol–water partition coefficient (Wildman–Crippen LogP) is 4.00. The minimum Gasteiger partial charge on any atom is -0.391 e. The van der Waals surface area contributed by atoms with E-state index in [9.17, 15) is 14.3 Å². The van der Waals surface area contributed by atoms with Gasteiger partial charge < -0.3 is 20.7 Å². The molecule has 2 unspecified atom stereocenters. The van der Waals surface area contributed by atoms with Gasteiger partial charge in [0.15, 0.2) is 0 Å². The van der Waals surface area contributed by atoms with Crippen LogP contribution in [0.15, 0.2) is 30.3 Å². The van der Waals surface area contributed by atoms with E-state index in [2.05, 4.69) is 20.6 Å². The normalized spacial score (nSPS) is 17.5. The average Bonchev–Trinajstić information content (AvgIpc) is 3.41. The van der Waals surface area contributed by atoms with Crippen LogP contribution in [0.4, 0.5) is 4.39 Å². The number of aryl methyl sites for hydroxylation is 2. The number of aromatic nitrogens is 2. The predicted molar refractivity (Wildman–Crippen MR) is 120 cm³/mol. The van der Waals surface area contributed by atoms with Crippen molar-refractivity contribution in [3.05, 3.63) is 63.0 Å². The highest BCUT2D eigenvalue weighted by Crippen LogP contribution is 2.29. The summed E-state index contributed by atoms with van der Waals surface area (Å²) in [6.45, 7) is 4.43. The second-order valence-electron chi connectivity index (χ2n) is 7.98. The molecule has 0 radical (unpaired) electrons. The first-order valence-electron chi connectivity index (χ1n) is 10.5. The second kappa shape index (κ2) is 9.30. The molecule has 1 fully saturated rings. The Bertz CT molecular complexity index is 1070. The molecule has 1 amide bonds. The third kappa shape index (κ3) is 4.71. The molecule has 0 spiro atoms. The molecule has 4 N–H and O–H groups in total. The number of nitrogens with one attached hydrogen (secondary N) is 3. The average molecular weight is 443 g/mol. The minimum atomic E-state index is -0.291. The molecular weight excluding hydrogens is 415 g/mol. The summed E-state index contributed by atoms with van der Waals surface area (Å²) in [4.78, 5) is 21.6. The van der Waals surface area contributed by atoms with Gasteiger partial charge in [0, 0.05) is 17.3 Å². The number of aromatic amines is 1. The van der Waals surface area contributed by atoms with E-state index in [1.54, 1.807) is 25.1 Å². The van der Waals surface area contributed by atoms with Crippen molar-refractivity contribution in [1.29, 1.82) is 0 Å². The monoisotopic (exact) mass is 442 g/mol. The van der Waals surface area contributed by atoms with Crippen molar-refractivity contribution in [2.45, 2.75) is 51.8 Å². The number of amides is 1. The van der Waals surface area contributed by atoms with Crippen LogP contribution in [0.2, 0.25) is 0 Å². The molecule has 0 bridgehead atoms. The fourth-order valence-electron chi connectivity index (χ4n) is 3.90. The van der Waals surface area contributed by atoms with E-state index in [1.807, 2.05) is 13.0 Å². The molecule has 1 aliphatic heterocycles. The SMILES string of the molecule is Cc1ccc(-c2ccc(C(=O)NC(c3nc(C)c(CO)s3)C3CCCCN3)[nH]2)cc1F. The summed E-state index contributed by atoms with van der Waals surface area (Å²) in [7, 11) is 0. The highest BCUT2D eigenvalue weighted by Gasteiger charge is 2.30. The zero-order valence-corrected chi connectivity index (χ0v) is 18.5. The van der Waals surface area contributed by atoms with Gasteiger partial charge in [0.2, 0.25) is 0 Å². The van der Waals surface area contributed by atoms with E-state index in [0.29, 0.717) is 22.5 Å². The summed E-state index contributed by atoms with van der Waals surface area (Å²) in [5.41, 5.74) is 3.16. The van der Waals surface area contributed by atoms with Crippen LogP contribution in [-0.4, -0.2) is 33.6 Å². The maximum absolute atomic E-state index is 13.9. The van der Waals surface area contributed by atoms with Crippen LogP contribution in [0.1, 0.15) is 56.9 Å². The number of piperidine rings is 1. The lowest BCUT2D eigenvalue weighted by Gasteiger charge is -2.30. The summed E-state index contributed by atoms with van der Waals surface area (Å²) in [6, 6.07) is 8.29. The van der Waals surface area contributed by atoms with E-state index >= 15 is 0 Å². The fraction of sp³-hybridized carbons (Fsp3) is 0.391. The Kier molecular flexibility index (Phi) is 6.50. The molecule has 2 atom stereocenters. The van der Waals surface area contributed by atoms with E-state index in [-0.39, 0.29) is 30.4 Å². The summed E-state index contributed by atoms with van der Waals surface area (Å²) in [6.07, 6.45) is 3.15. The molecule has 3 heterocycles. The van der Waals surface area contributed by atoms with Crippen molar-refractivity contribution >= 4 is 17.2 Å². The zero-order chi connectivity index (χ0) is 22.0. The van der Waals surface area contributed by atoms with Crippen molar-refractivity contribution in [3.8, 4) is 11.3 Å². The van der Waals surface area contributed by atoms with Crippen molar-refractivity contribution in [2.24, 2.45) is 0 Å². The highest BCUT2D eigenvalue weighted by molar-refractivity contribution is 7.11. The van der Waals surface area contributed by atoms with Crippen molar-refractivity contribution in [1.82, 2.24) is 20.6 Å². The number of aliphatic hydroxyl groups excluding tert-OH is 1. The number of carbonyl (C=O) groups is 1. The standard InChI is InChI=1S/C23H27FN4O2S/c1-13-6-7-15(11-16(13)24)17-8-9-19(27-17)22(30)28-21(18-5-3-4-10-25-18)23-26-14(2)20(12-29)31-23/h6-9,11,18,21,25,27,29H,3-5,10,12H2,1-2H3,(H,28,30). The lowest BCUT2D eigenvalue weighted by Crippen LogP contribution is -2.46. The molecule has 31 heavy (non-hydrogen) atoms. The lowest BCUT2D eigenvalue weighted by molar-refractivity contribution is 0.0918. The Morgan fingerprint density at radius 1 is 1.32 bits per heavy atom. The van der Waals surface area contributed by atoms with Crippen molar-refractivity contribution in [3.63, 3.8) is 0 Å². The number of thiazole rings is 1. The number of nitrogens with zero attached hydrogens (tertiary/aromatic N) is 1. The number of carbonyl (C=O) groups excluding carboxylic acids is 1. The lowest BCUT2D eigenvalue weighted by atomic mass is 9.98. The third-order valence-electron chi connectivity index (χ3n) is 5.77. The van der Waals surface area contributed by atoms with E-state index in [0.717, 1.165) is 41.4 Å². The second-order valence-corrected chi connectivity index (χ2v) is 9.09. The van der Waals surface area contributed by atoms with Crippen LogP contribution >= 0.6 is 11.3 Å². The molecule has 0 aliphatic carbocycles. The fourth-order valence-corrected chi connectivity index (χ4v) is 4.95. The Hall–Kier alpha value is -2.55. The maximum atomic E-state index is 13.9. The number of hydrogen-bond acceptors (Lipinski definition) is 5. The molecule has 8 heteroatoms. The number of hydrogen-bond donors (Lipinski definition) is 4. The van der Waals surface area contributed by atoms with Gasteiger partial charge in [-0.2, -0.15) is 0 Å². The molecule has 3 aromatic rings. The van der Waals surface area contributed by atoms with Crippen LogP contribution in [0, 0.1) is 19.7 Å². The molecule has 4 rings (SSSR count). The van der Waals surface area contributed by atoms with Gasteiger partial charge in [0.1, 0.15) is 16.5 Å². The summed E-state index contributed by atoms with van der Waals surface area (Å²) < 4.78 is 13.9. The van der Waals surface area contributed by atoms with Crippen molar-refractivity contribution in [2.75, 3.05) is 6.54 Å². The maximum Gasteiger partial charge on any atom is 0.268 e. The van der Waals surface area contributed by atoms with Crippen LogP contribution in [0.5, 0.6) is 0 Å². The van der Waals surface area contributed by atoms with Crippen molar-refractivity contribution < 1.29 is 14.3 Å². The molecular formula is C23H27FN4O2S. The van der Waals surface area contributed by atoms with Gasteiger partial charge in [-0.25, -0.2) is 9.37 Å². The molecule has 1 aromatic carbocycles. The van der Waals surface area contributed by atoms with Gasteiger partial charge in [-0.05, 0) is 57.0 Å². The Labute approximate surface area is 184 Å². The van der Waals surface area contributed by atoms with Gasteiger partial charge >= 0.3 is 0 Å². The summed E-state index contributed by atoms with van der Waals surface area (Å²) in [5, 5.41) is 17.0. The Morgan fingerprint density at radius 2 is 2.16 bits per heavy atom. The first-order valence-corrected chi connectivity index (χ1v) is 11.3. The highest BCUT2D eigenvalue weighted by atomic mass is 32.1. The van der Waals surface area contributed by atoms with Gasteiger partial charge in [-0.15, -0.1) is 11.3 Å². The summed E-state index contributed by atoms with van der Waals surface area (Å²) in [5.74, 6) is -0.519. The van der Waals surface area contributed by atoms with Gasteiger partial charge in [-0.3, -0.25) is 4.79 Å². The Balaban J connectivity index is 1.57. The molecule has 2 aromatic heterocycles. The van der Waals surface area contributed by atoms with Crippen LogP contribution in [-0.2, 0) is 6.61 Å². The third-order valence-corrected chi connectivity index (χ3v) is 6.99. The molecule has 6 nitrogen and oxygen atoms in total. The van der Waals surface area contributed by atoms with Crippen LogP contribution in [0.3, 0.4) is 0 Å². The topological polar surface area (TPSA) is 90.0 Å². The number of aliphatic hydroxyl groups is 1. The number of rotatable bonds is 6. The molecule has 164 valence electrons. The minimum absolute atomic E-state index is 0.0602. The van der Waals surface area contributed by atoms with E-state index < -0.39 is 0 Å². The first-order chi connectivity index (χ1) is 15.0. The van der Waals surface area contributed by atoms with Gasteiger partial charge in [-0.1, -0.05) is 18.6 Å². The largest absolute Gasteiger partial charge is 0.391 e. The Morgan fingerprint density at radius 3 is 2.84 bits per heavy atom. The number of benzene rings is 1.